The van der Waals surface area contributed by atoms with E-state index in [0.29, 0.717) is 0 Å². The zero-order chi connectivity index (χ0) is 6.24. The molecule has 0 spiro atoms. The van der Waals surface area contributed by atoms with E-state index in [9.17, 15) is 0 Å². The van der Waals surface area contributed by atoms with Gasteiger partial charge in [0.25, 0.3) is 0 Å². The number of thioether (sulfide) groups is 1. The maximum Gasteiger partial charge on any atom is 0.0547 e. The van der Waals surface area contributed by atoms with E-state index in [1.807, 2.05) is 11.8 Å². The fourth-order valence-electron chi connectivity index (χ4n) is 0.329. The molecule has 0 rings (SSSR count). The molecule has 0 radical (unpaired) electrons. The minimum Gasteiger partial charge on any atom is -0.149 e. The monoisotopic (exact) mass is 128 g/mol. The van der Waals surface area contributed by atoms with E-state index in [-0.39, 0.29) is 0 Å². The summed E-state index contributed by atoms with van der Waals surface area (Å²) in [5.41, 5.74) is 0. The van der Waals surface area contributed by atoms with Crippen molar-refractivity contribution in [3.05, 3.63) is 0 Å². The second-order valence-electron chi connectivity index (χ2n) is 1.34. The van der Waals surface area contributed by atoms with E-state index in [2.05, 4.69) is 25.7 Å². The van der Waals surface area contributed by atoms with Gasteiger partial charge in [0.05, 0.1) is 5.75 Å². The third-order valence-electron chi connectivity index (χ3n) is 0.680. The van der Waals surface area contributed by atoms with Crippen LogP contribution in [0.15, 0.2) is 0 Å². The SMILES string of the molecule is CCC#CCSCC. The van der Waals surface area contributed by atoms with Crippen molar-refractivity contribution in [3.8, 4) is 11.8 Å². The van der Waals surface area contributed by atoms with Crippen molar-refractivity contribution in [1.82, 2.24) is 0 Å². The van der Waals surface area contributed by atoms with Gasteiger partial charge in [0.1, 0.15) is 0 Å². The van der Waals surface area contributed by atoms with E-state index in [1.165, 1.54) is 5.75 Å². The van der Waals surface area contributed by atoms with Crippen LogP contribution in [0.1, 0.15) is 20.3 Å². The van der Waals surface area contributed by atoms with Gasteiger partial charge in [-0.2, -0.15) is 0 Å². The zero-order valence-corrected chi connectivity index (χ0v) is 6.35. The summed E-state index contributed by atoms with van der Waals surface area (Å²) in [5.74, 6) is 8.24. The summed E-state index contributed by atoms with van der Waals surface area (Å²) in [5, 5.41) is 0. The quantitative estimate of drug-likeness (QED) is 0.405. The molecule has 0 heterocycles. The average molecular weight is 128 g/mol. The molecule has 0 aliphatic rings. The largest absolute Gasteiger partial charge is 0.149 e. The molecule has 1 heteroatoms. The molecule has 0 saturated heterocycles. The smallest absolute Gasteiger partial charge is 0.0547 e. The summed E-state index contributed by atoms with van der Waals surface area (Å²) in [6.45, 7) is 4.22. The van der Waals surface area contributed by atoms with Crippen molar-refractivity contribution in [2.75, 3.05) is 11.5 Å². The average Bonchev–Trinajstić information content (AvgIpc) is 1.81. The van der Waals surface area contributed by atoms with Crippen LogP contribution in [-0.4, -0.2) is 11.5 Å². The van der Waals surface area contributed by atoms with E-state index in [4.69, 9.17) is 0 Å². The second kappa shape index (κ2) is 6.91. The summed E-state index contributed by atoms with van der Waals surface area (Å²) in [6.07, 6.45) is 0.990. The standard InChI is InChI=1S/C7H12S/c1-3-5-6-7-8-4-2/h3-4,7H2,1-2H3. The van der Waals surface area contributed by atoms with Crippen LogP contribution in [-0.2, 0) is 0 Å². The molecule has 0 fully saturated rings. The van der Waals surface area contributed by atoms with Gasteiger partial charge in [-0.05, 0) is 5.75 Å². The first kappa shape index (κ1) is 7.91. The molecule has 0 N–H and O–H groups in total. The highest BCUT2D eigenvalue weighted by atomic mass is 32.2. The maximum absolute atomic E-state index is 3.05. The summed E-state index contributed by atoms with van der Waals surface area (Å²) in [7, 11) is 0. The molecule has 0 atom stereocenters. The van der Waals surface area contributed by atoms with Gasteiger partial charge in [0, 0.05) is 6.42 Å². The molecule has 0 aromatic rings. The summed E-state index contributed by atoms with van der Waals surface area (Å²) < 4.78 is 0. The number of hydrogen-bond donors (Lipinski definition) is 0. The van der Waals surface area contributed by atoms with Gasteiger partial charge in [0.2, 0.25) is 0 Å². The lowest BCUT2D eigenvalue weighted by molar-refractivity contribution is 1.28. The molecular formula is C7H12S. The molecule has 0 amide bonds. The van der Waals surface area contributed by atoms with Crippen LogP contribution < -0.4 is 0 Å². The van der Waals surface area contributed by atoms with E-state index >= 15 is 0 Å². The Morgan fingerprint density at radius 1 is 1.25 bits per heavy atom. The Kier molecular flexibility index (Phi) is 6.83. The Bertz CT molecular complexity index is 86.3. The molecule has 0 aliphatic carbocycles. The van der Waals surface area contributed by atoms with Gasteiger partial charge in [-0.3, -0.25) is 0 Å². The maximum atomic E-state index is 3.05. The lowest BCUT2D eigenvalue weighted by Gasteiger charge is -1.82. The van der Waals surface area contributed by atoms with Crippen LogP contribution in [0.2, 0.25) is 0 Å². The normalized spacial score (nSPS) is 7.75. The fourth-order valence-corrected chi connectivity index (χ4v) is 0.737. The van der Waals surface area contributed by atoms with Gasteiger partial charge in [-0.25, -0.2) is 0 Å². The van der Waals surface area contributed by atoms with Crippen molar-refractivity contribution in [2.45, 2.75) is 20.3 Å². The summed E-state index contributed by atoms with van der Waals surface area (Å²) in [6, 6.07) is 0. The highest BCUT2D eigenvalue weighted by molar-refractivity contribution is 7.99. The minimum absolute atomic E-state index is 0.990. The Labute approximate surface area is 56.1 Å². The van der Waals surface area contributed by atoms with Crippen LogP contribution in [0.5, 0.6) is 0 Å². The molecule has 0 aromatic heterocycles. The molecule has 46 valence electrons. The lowest BCUT2D eigenvalue weighted by atomic mass is 10.5. The first-order valence-electron chi connectivity index (χ1n) is 2.95. The molecule has 0 nitrogen and oxygen atoms in total. The number of rotatable bonds is 2. The van der Waals surface area contributed by atoms with Crippen LogP contribution in [0.4, 0.5) is 0 Å². The Morgan fingerprint density at radius 3 is 2.50 bits per heavy atom. The fraction of sp³-hybridized carbons (Fsp3) is 0.714. The molecule has 0 saturated carbocycles. The van der Waals surface area contributed by atoms with Crippen molar-refractivity contribution in [3.63, 3.8) is 0 Å². The van der Waals surface area contributed by atoms with Gasteiger partial charge in [-0.15, -0.1) is 17.7 Å². The Balaban J connectivity index is 2.90. The molecule has 0 bridgehead atoms. The molecule has 0 aliphatic heterocycles. The first-order valence-corrected chi connectivity index (χ1v) is 4.10. The van der Waals surface area contributed by atoms with Gasteiger partial charge in [0.15, 0.2) is 0 Å². The molecule has 0 aromatic carbocycles. The Hall–Kier alpha value is -0.0900. The van der Waals surface area contributed by atoms with Crippen molar-refractivity contribution < 1.29 is 0 Å². The highest BCUT2D eigenvalue weighted by Gasteiger charge is 1.73. The zero-order valence-electron chi connectivity index (χ0n) is 5.53. The minimum atomic E-state index is 0.990. The number of hydrogen-bond acceptors (Lipinski definition) is 1. The summed E-state index contributed by atoms with van der Waals surface area (Å²) in [4.78, 5) is 0. The van der Waals surface area contributed by atoms with E-state index in [0.717, 1.165) is 12.2 Å². The van der Waals surface area contributed by atoms with Crippen LogP contribution in [0, 0.1) is 11.8 Å². The molecule has 0 unspecified atom stereocenters. The highest BCUT2D eigenvalue weighted by Crippen LogP contribution is 1.94. The second-order valence-corrected chi connectivity index (χ2v) is 2.62. The van der Waals surface area contributed by atoms with Crippen LogP contribution in [0.3, 0.4) is 0 Å². The predicted molar refractivity (Wildman–Crippen MR) is 41.1 cm³/mol. The van der Waals surface area contributed by atoms with Crippen LogP contribution >= 0.6 is 11.8 Å². The van der Waals surface area contributed by atoms with Gasteiger partial charge in [-0.1, -0.05) is 19.8 Å². The summed E-state index contributed by atoms with van der Waals surface area (Å²) >= 11 is 1.87. The third kappa shape index (κ3) is 5.91. The van der Waals surface area contributed by atoms with Gasteiger partial charge < -0.3 is 0 Å². The van der Waals surface area contributed by atoms with Crippen molar-refractivity contribution >= 4 is 11.8 Å². The Morgan fingerprint density at radius 2 is 2.00 bits per heavy atom. The molecular weight excluding hydrogens is 116 g/mol. The predicted octanol–water partition coefficient (Wildman–Crippen LogP) is 2.15. The van der Waals surface area contributed by atoms with Crippen molar-refractivity contribution in [1.29, 1.82) is 0 Å². The topological polar surface area (TPSA) is 0 Å². The first-order chi connectivity index (χ1) is 3.91. The van der Waals surface area contributed by atoms with E-state index < -0.39 is 0 Å². The van der Waals surface area contributed by atoms with Gasteiger partial charge >= 0.3 is 0 Å². The van der Waals surface area contributed by atoms with E-state index in [1.54, 1.807) is 0 Å². The molecule has 8 heavy (non-hydrogen) atoms. The van der Waals surface area contributed by atoms with Crippen molar-refractivity contribution in [2.24, 2.45) is 0 Å². The third-order valence-corrected chi connectivity index (χ3v) is 1.44. The van der Waals surface area contributed by atoms with Crippen LogP contribution in [0.25, 0.3) is 0 Å². The lowest BCUT2D eigenvalue weighted by Crippen LogP contribution is -1.70.